The van der Waals surface area contributed by atoms with Crippen molar-refractivity contribution in [1.29, 1.82) is 0 Å². The Balaban J connectivity index is 4.34. The molecule has 0 bridgehead atoms. The van der Waals surface area contributed by atoms with Gasteiger partial charge in [0.15, 0.2) is 6.10 Å². The first kappa shape index (κ1) is 56.4. The van der Waals surface area contributed by atoms with Gasteiger partial charge in [-0.1, -0.05) is 204 Å². The van der Waals surface area contributed by atoms with E-state index in [9.17, 15) is 14.4 Å². The highest BCUT2D eigenvalue weighted by Crippen LogP contribution is 2.14. The molecule has 0 aliphatic heterocycles. The van der Waals surface area contributed by atoms with Crippen LogP contribution in [0.2, 0.25) is 0 Å². The van der Waals surface area contributed by atoms with Gasteiger partial charge in [0.2, 0.25) is 0 Å². The molecule has 1 atom stereocenters. The molecule has 0 saturated heterocycles. The summed E-state index contributed by atoms with van der Waals surface area (Å²) in [5.41, 5.74) is 0. The first-order valence-electron chi connectivity index (χ1n) is 25.1. The minimum atomic E-state index is -0.778. The van der Waals surface area contributed by atoms with Crippen LogP contribution in [0, 0.1) is 0 Å². The fraction of sp³-hybridized carbons (Fsp3) is 0.792. The van der Waals surface area contributed by atoms with Crippen LogP contribution in [0.5, 0.6) is 0 Å². The van der Waals surface area contributed by atoms with Gasteiger partial charge in [0, 0.05) is 19.3 Å². The number of hydrogen-bond donors (Lipinski definition) is 0. The standard InChI is InChI=1S/C53H94O6/c1-4-7-10-13-16-19-22-23-24-25-26-27-28-29-32-34-37-40-43-46-52(55)58-49-50(59-53(56)47-44-41-38-35-31-21-18-15-12-9-6-3)48-57-51(54)45-42-39-36-33-30-20-17-14-11-8-5-2/h15-16,18-19,23-24,26-27,50H,4-14,17,20-22,25,28-49H2,1-3H3/b18-15-,19-16-,24-23-,27-26-. The highest BCUT2D eigenvalue weighted by molar-refractivity contribution is 5.71. The molecule has 0 spiro atoms. The van der Waals surface area contributed by atoms with Crippen LogP contribution in [-0.2, 0) is 28.6 Å². The Labute approximate surface area is 365 Å². The number of ether oxygens (including phenoxy) is 3. The summed E-state index contributed by atoms with van der Waals surface area (Å²) < 4.78 is 16.7. The molecule has 59 heavy (non-hydrogen) atoms. The summed E-state index contributed by atoms with van der Waals surface area (Å²) >= 11 is 0. The molecule has 0 rings (SSSR count). The molecular weight excluding hydrogens is 733 g/mol. The Kier molecular flexibility index (Phi) is 45.9. The van der Waals surface area contributed by atoms with Crippen molar-refractivity contribution >= 4 is 17.9 Å². The third-order valence-corrected chi connectivity index (χ3v) is 10.8. The molecule has 0 radical (unpaired) electrons. The van der Waals surface area contributed by atoms with E-state index in [0.29, 0.717) is 19.3 Å². The van der Waals surface area contributed by atoms with Crippen molar-refractivity contribution < 1.29 is 28.6 Å². The Morgan fingerprint density at radius 2 is 0.627 bits per heavy atom. The van der Waals surface area contributed by atoms with Crippen LogP contribution >= 0.6 is 0 Å². The van der Waals surface area contributed by atoms with Crippen LogP contribution in [0.3, 0.4) is 0 Å². The van der Waals surface area contributed by atoms with Crippen molar-refractivity contribution in [3.8, 4) is 0 Å². The number of hydrogen-bond acceptors (Lipinski definition) is 6. The SMILES string of the molecule is CCCC/C=C\CCCCCCCC(=O)OC(COC(=O)CCCCCCCC/C=C\C/C=C\C/C=C\CCCCC)COC(=O)CCCCCCCCCCCCC. The Hall–Kier alpha value is -2.63. The second kappa shape index (κ2) is 48.0. The van der Waals surface area contributed by atoms with Gasteiger partial charge in [0.1, 0.15) is 13.2 Å². The molecule has 1 unspecified atom stereocenters. The van der Waals surface area contributed by atoms with Gasteiger partial charge in [-0.2, -0.15) is 0 Å². The average molecular weight is 827 g/mol. The molecule has 0 heterocycles. The van der Waals surface area contributed by atoms with Crippen molar-refractivity contribution in [1.82, 2.24) is 0 Å². The second-order valence-electron chi connectivity index (χ2n) is 16.7. The number of rotatable bonds is 45. The van der Waals surface area contributed by atoms with Crippen LogP contribution in [0.15, 0.2) is 48.6 Å². The summed E-state index contributed by atoms with van der Waals surface area (Å²) in [5.74, 6) is -0.899. The molecule has 6 heteroatoms. The fourth-order valence-electron chi connectivity index (χ4n) is 6.96. The highest BCUT2D eigenvalue weighted by Gasteiger charge is 2.19. The van der Waals surface area contributed by atoms with Gasteiger partial charge in [-0.15, -0.1) is 0 Å². The average Bonchev–Trinajstić information content (AvgIpc) is 3.23. The quantitative estimate of drug-likeness (QED) is 0.0263. The van der Waals surface area contributed by atoms with E-state index in [4.69, 9.17) is 14.2 Å². The molecule has 0 N–H and O–H groups in total. The molecule has 0 aromatic heterocycles. The van der Waals surface area contributed by atoms with Crippen molar-refractivity contribution in [2.45, 2.75) is 258 Å². The maximum Gasteiger partial charge on any atom is 0.306 e. The predicted molar refractivity (Wildman–Crippen MR) is 252 cm³/mol. The van der Waals surface area contributed by atoms with Crippen molar-refractivity contribution in [3.63, 3.8) is 0 Å². The first-order valence-corrected chi connectivity index (χ1v) is 25.1. The molecule has 0 aliphatic carbocycles. The molecule has 342 valence electrons. The monoisotopic (exact) mass is 827 g/mol. The normalized spacial score (nSPS) is 12.4. The Morgan fingerprint density at radius 1 is 0.339 bits per heavy atom. The van der Waals surface area contributed by atoms with E-state index in [-0.39, 0.29) is 31.1 Å². The molecule has 0 aromatic rings. The molecular formula is C53H94O6. The lowest BCUT2D eigenvalue weighted by atomic mass is 10.1. The number of esters is 3. The molecule has 0 fully saturated rings. The summed E-state index contributed by atoms with van der Waals surface area (Å²) in [6.07, 6.45) is 56.6. The minimum Gasteiger partial charge on any atom is -0.462 e. The second-order valence-corrected chi connectivity index (χ2v) is 16.7. The smallest absolute Gasteiger partial charge is 0.306 e. The van der Waals surface area contributed by atoms with E-state index >= 15 is 0 Å². The van der Waals surface area contributed by atoms with Crippen LogP contribution in [0.4, 0.5) is 0 Å². The van der Waals surface area contributed by atoms with Crippen LogP contribution in [0.25, 0.3) is 0 Å². The van der Waals surface area contributed by atoms with Gasteiger partial charge < -0.3 is 14.2 Å². The summed E-state index contributed by atoms with van der Waals surface area (Å²) in [6.45, 7) is 6.55. The van der Waals surface area contributed by atoms with Crippen molar-refractivity contribution in [2.24, 2.45) is 0 Å². The van der Waals surface area contributed by atoms with Gasteiger partial charge in [0.05, 0.1) is 0 Å². The van der Waals surface area contributed by atoms with E-state index in [1.54, 1.807) is 0 Å². The largest absolute Gasteiger partial charge is 0.462 e. The molecule has 0 aliphatic rings. The lowest BCUT2D eigenvalue weighted by molar-refractivity contribution is -0.167. The minimum absolute atomic E-state index is 0.0790. The highest BCUT2D eigenvalue weighted by atomic mass is 16.6. The zero-order valence-corrected chi connectivity index (χ0v) is 39.0. The Morgan fingerprint density at radius 3 is 1.05 bits per heavy atom. The maximum absolute atomic E-state index is 12.7. The summed E-state index contributed by atoms with van der Waals surface area (Å²) in [4.78, 5) is 37.8. The molecule has 6 nitrogen and oxygen atoms in total. The molecule has 0 amide bonds. The Bertz CT molecular complexity index is 1040. The van der Waals surface area contributed by atoms with Gasteiger partial charge in [-0.3, -0.25) is 14.4 Å². The topological polar surface area (TPSA) is 78.9 Å². The lowest BCUT2D eigenvalue weighted by Crippen LogP contribution is -2.30. The van der Waals surface area contributed by atoms with E-state index in [1.165, 1.54) is 122 Å². The van der Waals surface area contributed by atoms with Crippen molar-refractivity contribution in [3.05, 3.63) is 48.6 Å². The van der Waals surface area contributed by atoms with Crippen LogP contribution in [0.1, 0.15) is 252 Å². The fourth-order valence-corrected chi connectivity index (χ4v) is 6.96. The zero-order valence-electron chi connectivity index (χ0n) is 39.0. The van der Waals surface area contributed by atoms with E-state index in [1.807, 2.05) is 0 Å². The van der Waals surface area contributed by atoms with E-state index < -0.39 is 6.10 Å². The number of carbonyl (C=O) groups is 3. The van der Waals surface area contributed by atoms with E-state index in [0.717, 1.165) is 89.9 Å². The molecule has 0 aromatic carbocycles. The lowest BCUT2D eigenvalue weighted by Gasteiger charge is -2.18. The van der Waals surface area contributed by atoms with Gasteiger partial charge in [0.25, 0.3) is 0 Å². The summed E-state index contributed by atoms with van der Waals surface area (Å²) in [5, 5.41) is 0. The third kappa shape index (κ3) is 46.3. The van der Waals surface area contributed by atoms with Crippen molar-refractivity contribution in [2.75, 3.05) is 13.2 Å². The van der Waals surface area contributed by atoms with Gasteiger partial charge in [-0.25, -0.2) is 0 Å². The summed E-state index contributed by atoms with van der Waals surface area (Å²) in [6, 6.07) is 0. The maximum atomic E-state index is 12.7. The van der Waals surface area contributed by atoms with Crippen LogP contribution < -0.4 is 0 Å². The number of unbranched alkanes of at least 4 members (excludes halogenated alkanes) is 26. The predicted octanol–water partition coefficient (Wildman–Crippen LogP) is 16.3. The first-order chi connectivity index (χ1) is 29.0. The van der Waals surface area contributed by atoms with Crippen LogP contribution in [-0.4, -0.2) is 37.2 Å². The number of carbonyl (C=O) groups excluding carboxylic acids is 3. The zero-order chi connectivity index (χ0) is 43.0. The summed E-state index contributed by atoms with van der Waals surface area (Å²) in [7, 11) is 0. The third-order valence-electron chi connectivity index (χ3n) is 10.8. The molecule has 0 saturated carbocycles. The van der Waals surface area contributed by atoms with Gasteiger partial charge >= 0.3 is 17.9 Å². The van der Waals surface area contributed by atoms with Gasteiger partial charge in [-0.05, 0) is 77.0 Å². The van der Waals surface area contributed by atoms with E-state index in [2.05, 4.69) is 69.4 Å². The number of allylic oxidation sites excluding steroid dienone is 8.